The first kappa shape index (κ1) is 15.8. The maximum atomic E-state index is 11.9. The Morgan fingerprint density at radius 1 is 1.38 bits per heavy atom. The molecule has 4 heteroatoms. The number of rotatable bonds is 5. The number of hydrogen-bond donors (Lipinski definition) is 2. The Hall–Kier alpha value is -1.55. The van der Waals surface area contributed by atoms with E-state index in [9.17, 15) is 4.79 Å². The van der Waals surface area contributed by atoms with Crippen LogP contribution in [0.2, 0.25) is 0 Å². The zero-order chi connectivity index (χ0) is 15.2. The average Bonchev–Trinajstić information content (AvgIpc) is 2.49. The largest absolute Gasteiger partial charge is 0.398 e. The summed E-state index contributed by atoms with van der Waals surface area (Å²) in [7, 11) is 0. The number of nitrogen functional groups attached to an aromatic ring is 1. The quantitative estimate of drug-likeness (QED) is 0.819. The standard InChI is InChI=1S/C17H27N3O/c1-3-8-19-17(21)14-4-5-15(16(18)11-14)12-20-9-6-13(2)7-10-20/h4-5,11,13H,3,6-10,12,18H2,1-2H3,(H,19,21). The van der Waals surface area contributed by atoms with Crippen LogP contribution in [0.3, 0.4) is 0 Å². The Kier molecular flexibility index (Phi) is 5.62. The first-order chi connectivity index (χ1) is 10.1. The molecule has 0 unspecified atom stereocenters. The summed E-state index contributed by atoms with van der Waals surface area (Å²) < 4.78 is 0. The second-order valence-corrected chi connectivity index (χ2v) is 6.13. The van der Waals surface area contributed by atoms with Gasteiger partial charge in [0.25, 0.3) is 5.91 Å². The number of nitrogens with two attached hydrogens (primary N) is 1. The molecule has 1 aliphatic heterocycles. The Balaban J connectivity index is 1.97. The number of anilines is 1. The van der Waals surface area contributed by atoms with E-state index in [2.05, 4.69) is 17.1 Å². The highest BCUT2D eigenvalue weighted by Crippen LogP contribution is 2.21. The molecule has 116 valence electrons. The maximum absolute atomic E-state index is 11.9. The molecule has 1 aromatic rings. The SMILES string of the molecule is CCCNC(=O)c1ccc(CN2CCC(C)CC2)c(N)c1. The number of nitrogens with one attached hydrogen (secondary N) is 1. The molecule has 3 N–H and O–H groups in total. The van der Waals surface area contributed by atoms with E-state index in [0.29, 0.717) is 12.1 Å². The highest BCUT2D eigenvalue weighted by Gasteiger charge is 2.17. The summed E-state index contributed by atoms with van der Waals surface area (Å²) in [5.74, 6) is 0.796. The zero-order valence-electron chi connectivity index (χ0n) is 13.2. The van der Waals surface area contributed by atoms with Crippen LogP contribution in [-0.4, -0.2) is 30.4 Å². The fourth-order valence-corrected chi connectivity index (χ4v) is 2.68. The summed E-state index contributed by atoms with van der Waals surface area (Å²) in [6, 6.07) is 5.67. The van der Waals surface area contributed by atoms with Crippen molar-refractivity contribution in [2.24, 2.45) is 5.92 Å². The average molecular weight is 289 g/mol. The van der Waals surface area contributed by atoms with E-state index in [4.69, 9.17) is 5.73 Å². The van der Waals surface area contributed by atoms with Crippen LogP contribution in [0.15, 0.2) is 18.2 Å². The van der Waals surface area contributed by atoms with Gasteiger partial charge in [-0.1, -0.05) is 19.9 Å². The number of hydrogen-bond acceptors (Lipinski definition) is 3. The molecule has 1 heterocycles. The summed E-state index contributed by atoms with van der Waals surface area (Å²) >= 11 is 0. The molecule has 4 nitrogen and oxygen atoms in total. The molecule has 0 spiro atoms. The lowest BCUT2D eigenvalue weighted by Crippen LogP contribution is -2.32. The molecule has 0 aromatic heterocycles. The summed E-state index contributed by atoms with van der Waals surface area (Å²) in [5.41, 5.74) is 8.62. The maximum Gasteiger partial charge on any atom is 0.251 e. The first-order valence-electron chi connectivity index (χ1n) is 7.99. The topological polar surface area (TPSA) is 58.4 Å². The number of piperidine rings is 1. The van der Waals surface area contributed by atoms with E-state index < -0.39 is 0 Å². The van der Waals surface area contributed by atoms with Crippen LogP contribution in [0.5, 0.6) is 0 Å². The number of benzene rings is 1. The van der Waals surface area contributed by atoms with Gasteiger partial charge in [0.05, 0.1) is 0 Å². The van der Waals surface area contributed by atoms with Gasteiger partial charge < -0.3 is 11.1 Å². The summed E-state index contributed by atoms with van der Waals surface area (Å²) in [4.78, 5) is 14.4. The molecule has 21 heavy (non-hydrogen) atoms. The van der Waals surface area contributed by atoms with Crippen molar-refractivity contribution in [3.8, 4) is 0 Å². The van der Waals surface area contributed by atoms with E-state index in [-0.39, 0.29) is 5.91 Å². The summed E-state index contributed by atoms with van der Waals surface area (Å²) in [5, 5.41) is 2.88. The van der Waals surface area contributed by atoms with Gasteiger partial charge in [-0.2, -0.15) is 0 Å². The molecule has 1 saturated heterocycles. The minimum Gasteiger partial charge on any atom is -0.398 e. The smallest absolute Gasteiger partial charge is 0.251 e. The van der Waals surface area contributed by atoms with Gasteiger partial charge in [-0.25, -0.2) is 0 Å². The van der Waals surface area contributed by atoms with Crippen LogP contribution in [0.1, 0.15) is 49.0 Å². The van der Waals surface area contributed by atoms with Gasteiger partial charge in [-0.05, 0) is 56.0 Å². The number of carbonyl (C=O) groups is 1. The van der Waals surface area contributed by atoms with Crippen molar-refractivity contribution >= 4 is 11.6 Å². The normalized spacial score (nSPS) is 16.9. The highest BCUT2D eigenvalue weighted by atomic mass is 16.1. The van der Waals surface area contributed by atoms with E-state index in [0.717, 1.165) is 43.2 Å². The lowest BCUT2D eigenvalue weighted by Gasteiger charge is -2.30. The van der Waals surface area contributed by atoms with Gasteiger partial charge in [-0.15, -0.1) is 0 Å². The minimum absolute atomic E-state index is 0.0399. The first-order valence-corrected chi connectivity index (χ1v) is 7.99. The number of carbonyl (C=O) groups excluding carboxylic acids is 1. The monoisotopic (exact) mass is 289 g/mol. The van der Waals surface area contributed by atoms with Crippen molar-refractivity contribution in [1.29, 1.82) is 0 Å². The molecule has 0 aliphatic carbocycles. The lowest BCUT2D eigenvalue weighted by atomic mass is 9.98. The van der Waals surface area contributed by atoms with Crippen molar-refractivity contribution in [3.63, 3.8) is 0 Å². The Morgan fingerprint density at radius 2 is 2.10 bits per heavy atom. The molecule has 1 amide bonds. The third-order valence-electron chi connectivity index (χ3n) is 4.21. The zero-order valence-corrected chi connectivity index (χ0v) is 13.2. The molecule has 1 fully saturated rings. The molecule has 1 aromatic carbocycles. The van der Waals surface area contributed by atoms with Crippen LogP contribution in [-0.2, 0) is 6.54 Å². The van der Waals surface area contributed by atoms with Gasteiger partial charge in [0.2, 0.25) is 0 Å². The second kappa shape index (κ2) is 7.46. The predicted molar refractivity (Wildman–Crippen MR) is 87.2 cm³/mol. The molecule has 0 saturated carbocycles. The molecule has 0 radical (unpaired) electrons. The van der Waals surface area contributed by atoms with Gasteiger partial charge in [-0.3, -0.25) is 9.69 Å². The highest BCUT2D eigenvalue weighted by molar-refractivity contribution is 5.95. The Bertz CT molecular complexity index is 479. The number of nitrogens with zero attached hydrogens (tertiary/aromatic N) is 1. The predicted octanol–water partition coefficient (Wildman–Crippen LogP) is 2.64. The van der Waals surface area contributed by atoms with E-state index >= 15 is 0 Å². The third kappa shape index (κ3) is 4.46. The van der Waals surface area contributed by atoms with Crippen molar-refractivity contribution < 1.29 is 4.79 Å². The molecule has 2 rings (SSSR count). The number of amides is 1. The fraction of sp³-hybridized carbons (Fsp3) is 0.588. The fourth-order valence-electron chi connectivity index (χ4n) is 2.68. The molecule has 1 aliphatic rings. The van der Waals surface area contributed by atoms with E-state index in [1.54, 1.807) is 6.07 Å². The summed E-state index contributed by atoms with van der Waals surface area (Å²) in [6.07, 6.45) is 3.46. The van der Waals surface area contributed by atoms with Crippen LogP contribution in [0.4, 0.5) is 5.69 Å². The summed E-state index contributed by atoms with van der Waals surface area (Å²) in [6.45, 7) is 8.22. The van der Waals surface area contributed by atoms with Crippen molar-refractivity contribution in [3.05, 3.63) is 29.3 Å². The third-order valence-corrected chi connectivity index (χ3v) is 4.21. The van der Waals surface area contributed by atoms with E-state index in [1.165, 1.54) is 12.8 Å². The number of likely N-dealkylation sites (tertiary alicyclic amines) is 1. The van der Waals surface area contributed by atoms with Gasteiger partial charge in [0.1, 0.15) is 0 Å². The second-order valence-electron chi connectivity index (χ2n) is 6.13. The Labute approximate surface area is 127 Å². The molecule has 0 bridgehead atoms. The minimum atomic E-state index is -0.0399. The lowest BCUT2D eigenvalue weighted by molar-refractivity contribution is 0.0953. The molecular weight excluding hydrogens is 262 g/mol. The van der Waals surface area contributed by atoms with Gasteiger partial charge in [0.15, 0.2) is 0 Å². The Morgan fingerprint density at radius 3 is 2.71 bits per heavy atom. The van der Waals surface area contributed by atoms with Crippen LogP contribution < -0.4 is 11.1 Å². The van der Waals surface area contributed by atoms with Crippen molar-refractivity contribution in [2.45, 2.75) is 39.7 Å². The van der Waals surface area contributed by atoms with Crippen LogP contribution >= 0.6 is 0 Å². The van der Waals surface area contributed by atoms with Crippen molar-refractivity contribution in [2.75, 3.05) is 25.4 Å². The van der Waals surface area contributed by atoms with Crippen LogP contribution in [0, 0.1) is 5.92 Å². The van der Waals surface area contributed by atoms with Gasteiger partial charge in [0, 0.05) is 24.3 Å². The molecular formula is C17H27N3O. The van der Waals surface area contributed by atoms with Crippen LogP contribution in [0.25, 0.3) is 0 Å². The van der Waals surface area contributed by atoms with Gasteiger partial charge >= 0.3 is 0 Å². The molecule has 0 atom stereocenters. The van der Waals surface area contributed by atoms with Crippen molar-refractivity contribution in [1.82, 2.24) is 10.2 Å². The van der Waals surface area contributed by atoms with E-state index in [1.807, 2.05) is 19.1 Å².